The zero-order chi connectivity index (χ0) is 13.2. The molecule has 0 heterocycles. The summed E-state index contributed by atoms with van der Waals surface area (Å²) in [6, 6.07) is 8.84. The van der Waals surface area contributed by atoms with Crippen LogP contribution in [0.3, 0.4) is 0 Å². The van der Waals surface area contributed by atoms with Crippen LogP contribution in [0.1, 0.15) is 76.3 Å². The van der Waals surface area contributed by atoms with Crippen molar-refractivity contribution in [2.45, 2.75) is 65.2 Å². The van der Waals surface area contributed by atoms with E-state index in [1.165, 1.54) is 43.2 Å². The van der Waals surface area contributed by atoms with E-state index in [0.717, 1.165) is 6.42 Å². The van der Waals surface area contributed by atoms with Crippen molar-refractivity contribution in [3.05, 3.63) is 47.5 Å². The Labute approximate surface area is 113 Å². The van der Waals surface area contributed by atoms with Crippen molar-refractivity contribution in [3.63, 3.8) is 0 Å². The first-order valence-electron chi connectivity index (χ1n) is 7.46. The van der Waals surface area contributed by atoms with Crippen LogP contribution in [-0.2, 0) is 0 Å². The number of unbranched alkanes of at least 4 members (excludes halogenated alkanes) is 4. The molecule has 1 unspecified atom stereocenters. The van der Waals surface area contributed by atoms with Crippen molar-refractivity contribution in [2.75, 3.05) is 0 Å². The van der Waals surface area contributed by atoms with E-state index in [4.69, 9.17) is 0 Å². The highest BCUT2D eigenvalue weighted by Crippen LogP contribution is 2.18. The summed E-state index contributed by atoms with van der Waals surface area (Å²) in [5.41, 5.74) is 2.64. The number of hydrogen-bond acceptors (Lipinski definition) is 0. The third-order valence-corrected chi connectivity index (χ3v) is 3.56. The maximum absolute atomic E-state index is 3.38. The predicted octanol–water partition coefficient (Wildman–Crippen LogP) is 5.88. The van der Waals surface area contributed by atoms with Crippen molar-refractivity contribution in [3.8, 4) is 0 Å². The number of benzene rings is 1. The summed E-state index contributed by atoms with van der Waals surface area (Å²) in [4.78, 5) is 0. The molecule has 0 bridgehead atoms. The molecule has 0 nitrogen and oxygen atoms in total. The molecule has 0 fully saturated rings. The molecule has 99 valence electrons. The van der Waals surface area contributed by atoms with E-state index in [-0.39, 0.29) is 0 Å². The van der Waals surface area contributed by atoms with Gasteiger partial charge in [-0.05, 0) is 42.4 Å². The normalized spacial score (nSPS) is 13.1. The summed E-state index contributed by atoms with van der Waals surface area (Å²) in [5, 5.41) is 0. The molecule has 0 aromatic heterocycles. The molecule has 0 N–H and O–H groups in total. The van der Waals surface area contributed by atoms with Crippen LogP contribution in [0.5, 0.6) is 0 Å². The van der Waals surface area contributed by atoms with E-state index >= 15 is 0 Å². The lowest BCUT2D eigenvalue weighted by Crippen LogP contribution is -1.90. The number of hydrogen-bond donors (Lipinski definition) is 0. The highest BCUT2D eigenvalue weighted by Gasteiger charge is 2.01. The summed E-state index contributed by atoms with van der Waals surface area (Å²) in [6.45, 7) is 6.77. The summed E-state index contributed by atoms with van der Waals surface area (Å²) in [6.07, 6.45) is 13.2. The van der Waals surface area contributed by atoms with Gasteiger partial charge < -0.3 is 0 Å². The SMILES string of the molecule is CCCCCC/C=[C]\c1ccc(C(C)CC)cc1. The lowest BCUT2D eigenvalue weighted by Gasteiger charge is -2.08. The van der Waals surface area contributed by atoms with Gasteiger partial charge in [-0.1, -0.05) is 70.4 Å². The molecule has 1 atom stereocenters. The molecule has 0 aliphatic rings. The smallest absolute Gasteiger partial charge is 0.0149 e. The van der Waals surface area contributed by atoms with Crippen LogP contribution < -0.4 is 0 Å². The minimum atomic E-state index is 0.664. The van der Waals surface area contributed by atoms with E-state index < -0.39 is 0 Å². The quantitative estimate of drug-likeness (QED) is 0.500. The first-order chi connectivity index (χ1) is 8.77. The molecule has 1 aromatic carbocycles. The van der Waals surface area contributed by atoms with Gasteiger partial charge in [0.2, 0.25) is 0 Å². The van der Waals surface area contributed by atoms with Gasteiger partial charge in [0.05, 0.1) is 0 Å². The third kappa shape index (κ3) is 5.53. The molecule has 1 radical (unpaired) electrons. The average molecular weight is 243 g/mol. The fourth-order valence-corrected chi connectivity index (χ4v) is 2.01. The van der Waals surface area contributed by atoms with Crippen molar-refractivity contribution in [1.82, 2.24) is 0 Å². The van der Waals surface area contributed by atoms with Crippen LogP contribution >= 0.6 is 0 Å². The lowest BCUT2D eigenvalue weighted by molar-refractivity contribution is 0.674. The van der Waals surface area contributed by atoms with Crippen LogP contribution in [0, 0.1) is 6.08 Å². The van der Waals surface area contributed by atoms with Gasteiger partial charge >= 0.3 is 0 Å². The molecule has 1 aromatic rings. The maximum Gasteiger partial charge on any atom is -0.0149 e. The number of allylic oxidation sites excluding steroid dienone is 1. The van der Waals surface area contributed by atoms with Crippen molar-refractivity contribution >= 4 is 0 Å². The second-order valence-electron chi connectivity index (χ2n) is 5.13. The second-order valence-corrected chi connectivity index (χ2v) is 5.13. The lowest BCUT2D eigenvalue weighted by atomic mass is 9.97. The van der Waals surface area contributed by atoms with Crippen molar-refractivity contribution in [2.24, 2.45) is 0 Å². The van der Waals surface area contributed by atoms with Crippen molar-refractivity contribution < 1.29 is 0 Å². The molecular weight excluding hydrogens is 216 g/mol. The molecule has 0 saturated heterocycles. The minimum Gasteiger partial charge on any atom is -0.0760 e. The molecule has 0 aliphatic carbocycles. The fourth-order valence-electron chi connectivity index (χ4n) is 2.01. The van der Waals surface area contributed by atoms with Gasteiger partial charge in [0, 0.05) is 0 Å². The molecule has 0 spiro atoms. The largest absolute Gasteiger partial charge is 0.0760 e. The van der Waals surface area contributed by atoms with E-state index in [9.17, 15) is 0 Å². The number of rotatable bonds is 8. The van der Waals surface area contributed by atoms with Gasteiger partial charge in [-0.15, -0.1) is 0 Å². The van der Waals surface area contributed by atoms with E-state index in [0.29, 0.717) is 5.92 Å². The minimum absolute atomic E-state index is 0.664. The molecule has 18 heavy (non-hydrogen) atoms. The molecule has 0 heteroatoms. The van der Waals surface area contributed by atoms with Gasteiger partial charge in [0.1, 0.15) is 0 Å². The van der Waals surface area contributed by atoms with E-state index in [1.807, 2.05) is 0 Å². The Morgan fingerprint density at radius 1 is 1.06 bits per heavy atom. The Bertz CT molecular complexity index is 332. The molecule has 1 rings (SSSR count). The van der Waals surface area contributed by atoms with Crippen LogP contribution in [0.25, 0.3) is 0 Å². The Morgan fingerprint density at radius 2 is 1.78 bits per heavy atom. The first kappa shape index (κ1) is 15.0. The monoisotopic (exact) mass is 243 g/mol. The Morgan fingerprint density at radius 3 is 2.39 bits per heavy atom. The Hall–Kier alpha value is -1.04. The second kappa shape index (κ2) is 8.97. The zero-order valence-corrected chi connectivity index (χ0v) is 12.2. The van der Waals surface area contributed by atoms with E-state index in [1.54, 1.807) is 0 Å². The summed E-state index contributed by atoms with van der Waals surface area (Å²) in [5.74, 6) is 0.664. The van der Waals surface area contributed by atoms with Crippen LogP contribution in [0.2, 0.25) is 0 Å². The van der Waals surface area contributed by atoms with Gasteiger partial charge in [0.25, 0.3) is 0 Å². The first-order valence-corrected chi connectivity index (χ1v) is 7.46. The van der Waals surface area contributed by atoms with Gasteiger partial charge in [-0.25, -0.2) is 0 Å². The van der Waals surface area contributed by atoms with E-state index in [2.05, 4.69) is 57.2 Å². The van der Waals surface area contributed by atoms with Crippen LogP contribution in [0.15, 0.2) is 30.3 Å². The van der Waals surface area contributed by atoms with Crippen LogP contribution in [0.4, 0.5) is 0 Å². The summed E-state index contributed by atoms with van der Waals surface area (Å²) >= 11 is 0. The Kier molecular flexibility index (Phi) is 7.48. The average Bonchev–Trinajstić information content (AvgIpc) is 2.42. The fraction of sp³-hybridized carbons (Fsp3) is 0.556. The summed E-state index contributed by atoms with van der Waals surface area (Å²) < 4.78 is 0. The highest BCUT2D eigenvalue weighted by atomic mass is 14.1. The Balaban J connectivity index is 2.36. The van der Waals surface area contributed by atoms with Gasteiger partial charge in [-0.3, -0.25) is 0 Å². The zero-order valence-electron chi connectivity index (χ0n) is 12.2. The molecular formula is C18H27. The topological polar surface area (TPSA) is 0 Å². The third-order valence-electron chi connectivity index (χ3n) is 3.56. The highest BCUT2D eigenvalue weighted by molar-refractivity contribution is 5.28. The maximum atomic E-state index is 3.38. The molecule has 0 amide bonds. The summed E-state index contributed by atoms with van der Waals surface area (Å²) in [7, 11) is 0. The molecule has 0 aliphatic heterocycles. The van der Waals surface area contributed by atoms with Gasteiger partial charge in [0.15, 0.2) is 0 Å². The molecule has 0 saturated carbocycles. The standard InChI is InChI=1S/C18H27/c1-4-6-7-8-9-10-11-17-12-14-18(15-13-17)16(3)5-2/h10,12-16H,4-9H2,1-3H3. The predicted molar refractivity (Wildman–Crippen MR) is 80.8 cm³/mol. The van der Waals surface area contributed by atoms with Crippen molar-refractivity contribution in [1.29, 1.82) is 0 Å². The van der Waals surface area contributed by atoms with Crippen LogP contribution in [-0.4, -0.2) is 0 Å². The van der Waals surface area contributed by atoms with Gasteiger partial charge in [-0.2, -0.15) is 0 Å².